The first kappa shape index (κ1) is 17.2. The number of carbonyl (C=O) groups excluding carboxylic acids is 1. The van der Waals surface area contributed by atoms with Gasteiger partial charge in [0.1, 0.15) is 0 Å². The van der Waals surface area contributed by atoms with E-state index in [-0.39, 0.29) is 11.8 Å². The molecule has 0 radical (unpaired) electrons. The van der Waals surface area contributed by atoms with Crippen LogP contribution >= 0.6 is 22.9 Å². The van der Waals surface area contributed by atoms with Gasteiger partial charge in [-0.25, -0.2) is 9.37 Å². The fourth-order valence-electron chi connectivity index (χ4n) is 2.06. The number of nitrogens with zero attached hydrogens (tertiary/aromatic N) is 1. The summed E-state index contributed by atoms with van der Waals surface area (Å²) in [5, 5.41) is 0.655. The maximum atomic E-state index is 13.6. The third-order valence-corrected chi connectivity index (χ3v) is 4.66. The van der Waals surface area contributed by atoms with Crippen LogP contribution in [0.4, 0.5) is 10.1 Å². The van der Waals surface area contributed by atoms with E-state index < -0.39 is 5.82 Å². The Hall–Kier alpha value is -2.64. The lowest BCUT2D eigenvalue weighted by Gasteiger charge is -2.08. The average molecular weight is 378 g/mol. The van der Waals surface area contributed by atoms with E-state index in [0.717, 1.165) is 10.4 Å². The Morgan fingerprint density at radius 3 is 2.68 bits per heavy atom. The van der Waals surface area contributed by atoms with Crippen molar-refractivity contribution in [1.82, 2.24) is 10.4 Å². The van der Waals surface area contributed by atoms with Gasteiger partial charge in [0.25, 0.3) is 5.91 Å². The smallest absolute Gasteiger partial charge is 0.279 e. The lowest BCUT2D eigenvalue weighted by atomic mass is 10.2. The maximum Gasteiger partial charge on any atom is 0.279 e. The monoisotopic (exact) mass is 377 g/mol. The molecule has 0 spiro atoms. The first-order valence-corrected chi connectivity index (χ1v) is 8.38. The van der Waals surface area contributed by atoms with E-state index in [4.69, 9.17) is 16.3 Å². The van der Waals surface area contributed by atoms with Crippen molar-refractivity contribution in [3.63, 3.8) is 0 Å². The number of methoxy groups -OCH3 is 1. The number of aromatic nitrogens is 1. The number of anilines is 1. The highest BCUT2D eigenvalue weighted by Gasteiger charge is 2.11. The molecule has 3 rings (SSSR count). The molecule has 0 aliphatic heterocycles. The zero-order valence-corrected chi connectivity index (χ0v) is 14.6. The molecule has 0 unspecified atom stereocenters. The Morgan fingerprint density at radius 2 is 2.00 bits per heavy atom. The van der Waals surface area contributed by atoms with Crippen LogP contribution in [0, 0.1) is 5.82 Å². The van der Waals surface area contributed by atoms with E-state index in [2.05, 4.69) is 15.8 Å². The molecule has 128 valence electrons. The summed E-state index contributed by atoms with van der Waals surface area (Å²) in [6.07, 6.45) is 1.36. The topological polar surface area (TPSA) is 63.2 Å². The third-order valence-electron chi connectivity index (χ3n) is 3.28. The minimum Gasteiger partial charge on any atom is -0.479 e. The molecule has 0 bridgehead atoms. The number of hydrogen-bond donors (Lipinski definition) is 2. The molecule has 0 saturated carbocycles. The average Bonchev–Trinajstić information content (AvgIpc) is 3.10. The lowest BCUT2D eigenvalue weighted by Crippen LogP contribution is -2.28. The first-order chi connectivity index (χ1) is 12.1. The van der Waals surface area contributed by atoms with Gasteiger partial charge in [-0.05, 0) is 29.8 Å². The predicted molar refractivity (Wildman–Crippen MR) is 96.6 cm³/mol. The third kappa shape index (κ3) is 4.07. The van der Waals surface area contributed by atoms with Gasteiger partial charge in [0.15, 0.2) is 5.82 Å². The second-order valence-electron chi connectivity index (χ2n) is 4.97. The number of amides is 1. The molecule has 3 aromatic rings. The van der Waals surface area contributed by atoms with Crippen LogP contribution in [0.25, 0.3) is 10.4 Å². The predicted octanol–water partition coefficient (Wildman–Crippen LogP) is 4.37. The minimum atomic E-state index is -0.622. The molecule has 2 heterocycles. The summed E-state index contributed by atoms with van der Waals surface area (Å²) in [6, 6.07) is 12.1. The summed E-state index contributed by atoms with van der Waals surface area (Å²) >= 11 is 7.22. The van der Waals surface area contributed by atoms with E-state index in [1.54, 1.807) is 18.2 Å². The maximum absolute atomic E-state index is 13.6. The zero-order chi connectivity index (χ0) is 17.8. The fourth-order valence-corrected chi connectivity index (χ4v) is 3.10. The molecule has 5 nitrogen and oxygen atoms in total. The van der Waals surface area contributed by atoms with Gasteiger partial charge in [-0.3, -0.25) is 15.6 Å². The van der Waals surface area contributed by atoms with Gasteiger partial charge in [0.2, 0.25) is 5.88 Å². The number of hydrogen-bond acceptors (Lipinski definition) is 5. The molecule has 0 aliphatic rings. The van der Waals surface area contributed by atoms with Crippen molar-refractivity contribution in [3.05, 3.63) is 64.4 Å². The van der Waals surface area contributed by atoms with E-state index in [9.17, 15) is 9.18 Å². The second kappa shape index (κ2) is 7.50. The van der Waals surface area contributed by atoms with Crippen molar-refractivity contribution < 1.29 is 13.9 Å². The Balaban J connectivity index is 1.66. The van der Waals surface area contributed by atoms with Crippen molar-refractivity contribution in [2.75, 3.05) is 12.5 Å². The lowest BCUT2D eigenvalue weighted by molar-refractivity contribution is 0.0966. The van der Waals surface area contributed by atoms with Gasteiger partial charge in [-0.15, -0.1) is 11.3 Å². The van der Waals surface area contributed by atoms with Crippen molar-refractivity contribution in [2.45, 2.75) is 0 Å². The largest absolute Gasteiger partial charge is 0.479 e. The van der Waals surface area contributed by atoms with E-state index in [1.165, 1.54) is 30.7 Å². The van der Waals surface area contributed by atoms with Crippen LogP contribution in [0.3, 0.4) is 0 Å². The summed E-state index contributed by atoms with van der Waals surface area (Å²) < 4.78 is 18.3. The zero-order valence-electron chi connectivity index (χ0n) is 13.0. The van der Waals surface area contributed by atoms with Gasteiger partial charge in [0, 0.05) is 16.0 Å². The molecular weight excluding hydrogens is 365 g/mol. The van der Waals surface area contributed by atoms with E-state index in [0.29, 0.717) is 15.6 Å². The highest BCUT2D eigenvalue weighted by Crippen LogP contribution is 2.29. The molecule has 2 N–H and O–H groups in total. The number of halogens is 2. The highest BCUT2D eigenvalue weighted by atomic mass is 35.5. The Labute approximate surface area is 152 Å². The number of hydrazine groups is 1. The van der Waals surface area contributed by atoms with Gasteiger partial charge in [-0.2, -0.15) is 0 Å². The number of nitrogens with one attached hydrogen (secondary N) is 2. The molecule has 2 aromatic heterocycles. The van der Waals surface area contributed by atoms with Crippen LogP contribution in [0.15, 0.2) is 48.7 Å². The van der Waals surface area contributed by atoms with Crippen LogP contribution in [-0.4, -0.2) is 18.0 Å². The molecule has 0 fully saturated rings. The SMILES string of the molecule is COc1ncc(NNC(=O)c2ccc(-c3ccc(Cl)cc3)s2)cc1F. The van der Waals surface area contributed by atoms with Gasteiger partial charge >= 0.3 is 0 Å². The summed E-state index contributed by atoms with van der Waals surface area (Å²) in [5.41, 5.74) is 6.41. The number of pyridine rings is 1. The molecule has 0 atom stereocenters. The van der Waals surface area contributed by atoms with E-state index >= 15 is 0 Å². The van der Waals surface area contributed by atoms with Crippen molar-refractivity contribution in [2.24, 2.45) is 0 Å². The number of carbonyl (C=O) groups is 1. The standard InChI is InChI=1S/C17H13ClFN3O2S/c1-24-17-13(19)8-12(9-20-17)21-22-16(23)15-7-6-14(25-15)10-2-4-11(18)5-3-10/h2-9,21H,1H3,(H,22,23). The van der Waals surface area contributed by atoms with Crippen molar-refractivity contribution >= 4 is 34.5 Å². The number of benzene rings is 1. The van der Waals surface area contributed by atoms with Crippen LogP contribution in [-0.2, 0) is 0 Å². The normalized spacial score (nSPS) is 10.4. The quantitative estimate of drug-likeness (QED) is 0.648. The molecular formula is C17H13ClFN3O2S. The van der Waals surface area contributed by atoms with E-state index in [1.807, 2.05) is 18.2 Å². The molecule has 1 aromatic carbocycles. The van der Waals surface area contributed by atoms with Crippen molar-refractivity contribution in [3.8, 4) is 16.3 Å². The summed E-state index contributed by atoms with van der Waals surface area (Å²) in [6.45, 7) is 0. The van der Waals surface area contributed by atoms with Crippen LogP contribution < -0.4 is 15.6 Å². The molecule has 8 heteroatoms. The second-order valence-corrected chi connectivity index (χ2v) is 6.49. The summed E-state index contributed by atoms with van der Waals surface area (Å²) in [4.78, 5) is 17.4. The minimum absolute atomic E-state index is 0.109. The number of rotatable bonds is 5. The molecule has 1 amide bonds. The van der Waals surface area contributed by atoms with Crippen LogP contribution in [0.2, 0.25) is 5.02 Å². The van der Waals surface area contributed by atoms with Crippen molar-refractivity contribution in [1.29, 1.82) is 0 Å². The Bertz CT molecular complexity index is 899. The number of thiophene rings is 1. The summed E-state index contributed by atoms with van der Waals surface area (Å²) in [5.74, 6) is -1.06. The van der Waals surface area contributed by atoms with Gasteiger partial charge in [0.05, 0.1) is 23.9 Å². The highest BCUT2D eigenvalue weighted by molar-refractivity contribution is 7.17. The first-order valence-electron chi connectivity index (χ1n) is 7.18. The Morgan fingerprint density at radius 1 is 1.24 bits per heavy atom. The Kier molecular flexibility index (Phi) is 5.16. The van der Waals surface area contributed by atoms with Gasteiger partial charge < -0.3 is 4.74 Å². The molecule has 25 heavy (non-hydrogen) atoms. The molecule has 0 saturated heterocycles. The van der Waals surface area contributed by atoms with Gasteiger partial charge in [-0.1, -0.05) is 23.7 Å². The summed E-state index contributed by atoms with van der Waals surface area (Å²) in [7, 11) is 1.33. The number of ether oxygens (including phenoxy) is 1. The van der Waals surface area contributed by atoms with Crippen LogP contribution in [0.5, 0.6) is 5.88 Å². The molecule has 0 aliphatic carbocycles. The van der Waals surface area contributed by atoms with Crippen LogP contribution in [0.1, 0.15) is 9.67 Å². The fraction of sp³-hybridized carbons (Fsp3) is 0.0588.